The van der Waals surface area contributed by atoms with Gasteiger partial charge >= 0.3 is 0 Å². The molecule has 1 heterocycles. The molecule has 1 N–H and O–H groups in total. The minimum absolute atomic E-state index is 0.676. The molecule has 1 aliphatic rings. The SMILES string of the molecule is CCSCC1CCc2ccccc2N1. The van der Waals surface area contributed by atoms with E-state index >= 15 is 0 Å². The molecule has 2 rings (SSSR count). The highest BCUT2D eigenvalue weighted by Crippen LogP contribution is 2.25. The molecule has 1 aromatic rings. The highest BCUT2D eigenvalue weighted by atomic mass is 32.2. The van der Waals surface area contributed by atoms with Gasteiger partial charge in [0.1, 0.15) is 0 Å². The third-order valence-electron chi connectivity index (χ3n) is 2.66. The van der Waals surface area contributed by atoms with Crippen molar-refractivity contribution in [3.8, 4) is 0 Å². The Morgan fingerprint density at radius 2 is 2.29 bits per heavy atom. The number of nitrogens with one attached hydrogen (secondary N) is 1. The first-order valence-electron chi connectivity index (χ1n) is 5.32. The van der Waals surface area contributed by atoms with Crippen LogP contribution < -0.4 is 5.32 Å². The molecule has 0 saturated carbocycles. The molecule has 0 spiro atoms. The summed E-state index contributed by atoms with van der Waals surface area (Å²) in [5, 5.41) is 3.61. The number of hydrogen-bond acceptors (Lipinski definition) is 2. The number of aryl methyl sites for hydroxylation is 1. The summed E-state index contributed by atoms with van der Waals surface area (Å²) in [7, 11) is 0. The van der Waals surface area contributed by atoms with Gasteiger partial charge < -0.3 is 5.32 Å². The van der Waals surface area contributed by atoms with Crippen LogP contribution in [0, 0.1) is 0 Å². The largest absolute Gasteiger partial charge is 0.381 e. The second kappa shape index (κ2) is 4.74. The number of thioether (sulfide) groups is 1. The summed E-state index contributed by atoms with van der Waals surface area (Å²) in [4.78, 5) is 0. The molecule has 76 valence electrons. The summed E-state index contributed by atoms with van der Waals surface area (Å²) < 4.78 is 0. The summed E-state index contributed by atoms with van der Waals surface area (Å²) in [6.45, 7) is 2.22. The van der Waals surface area contributed by atoms with Crippen LogP contribution in [0.15, 0.2) is 24.3 Å². The Labute approximate surface area is 90.3 Å². The predicted molar refractivity (Wildman–Crippen MR) is 65.2 cm³/mol. The molecule has 0 amide bonds. The standard InChI is InChI=1S/C12H17NS/c1-2-14-9-11-8-7-10-5-3-4-6-12(10)13-11/h3-6,11,13H,2,7-9H2,1H3. The smallest absolute Gasteiger partial charge is 0.0375 e. The molecule has 1 nitrogen and oxygen atoms in total. The molecule has 1 aliphatic heterocycles. The van der Waals surface area contributed by atoms with E-state index in [9.17, 15) is 0 Å². The van der Waals surface area contributed by atoms with Crippen LogP contribution in [0.5, 0.6) is 0 Å². The molecule has 0 saturated heterocycles. The molecule has 1 aromatic carbocycles. The minimum atomic E-state index is 0.676. The molecule has 0 radical (unpaired) electrons. The van der Waals surface area contributed by atoms with Crippen molar-refractivity contribution in [3.63, 3.8) is 0 Å². The van der Waals surface area contributed by atoms with Gasteiger partial charge in [0.05, 0.1) is 0 Å². The Kier molecular flexibility index (Phi) is 3.35. The number of anilines is 1. The van der Waals surface area contributed by atoms with E-state index in [0.29, 0.717) is 6.04 Å². The molecular weight excluding hydrogens is 190 g/mol. The van der Waals surface area contributed by atoms with E-state index in [1.807, 2.05) is 11.8 Å². The van der Waals surface area contributed by atoms with Gasteiger partial charge in [0, 0.05) is 17.5 Å². The highest BCUT2D eigenvalue weighted by Gasteiger charge is 2.16. The van der Waals surface area contributed by atoms with Crippen molar-refractivity contribution in [2.75, 3.05) is 16.8 Å². The number of para-hydroxylation sites is 1. The van der Waals surface area contributed by atoms with E-state index < -0.39 is 0 Å². The first kappa shape index (κ1) is 9.91. The molecule has 0 bridgehead atoms. The third kappa shape index (κ3) is 2.24. The van der Waals surface area contributed by atoms with Crippen LogP contribution in [-0.2, 0) is 6.42 Å². The van der Waals surface area contributed by atoms with Crippen LogP contribution >= 0.6 is 11.8 Å². The fourth-order valence-electron chi connectivity index (χ4n) is 1.89. The van der Waals surface area contributed by atoms with Gasteiger partial charge in [-0.25, -0.2) is 0 Å². The van der Waals surface area contributed by atoms with Crippen LogP contribution in [0.4, 0.5) is 5.69 Å². The number of benzene rings is 1. The van der Waals surface area contributed by atoms with E-state index in [2.05, 4.69) is 36.5 Å². The van der Waals surface area contributed by atoms with Crippen molar-refractivity contribution in [3.05, 3.63) is 29.8 Å². The van der Waals surface area contributed by atoms with E-state index in [4.69, 9.17) is 0 Å². The Bertz CT molecular complexity index is 298. The Balaban J connectivity index is 1.99. The van der Waals surface area contributed by atoms with Crippen LogP contribution in [-0.4, -0.2) is 17.5 Å². The molecule has 1 unspecified atom stereocenters. The van der Waals surface area contributed by atoms with Crippen LogP contribution in [0.2, 0.25) is 0 Å². The molecule has 1 atom stereocenters. The summed E-state index contributed by atoms with van der Waals surface area (Å²) in [6, 6.07) is 9.33. The quantitative estimate of drug-likeness (QED) is 0.817. The number of hydrogen-bond donors (Lipinski definition) is 1. The van der Waals surface area contributed by atoms with Gasteiger partial charge in [-0.3, -0.25) is 0 Å². The lowest BCUT2D eigenvalue weighted by Gasteiger charge is -2.26. The second-order valence-corrected chi connectivity index (χ2v) is 5.02. The van der Waals surface area contributed by atoms with Crippen molar-refractivity contribution in [2.24, 2.45) is 0 Å². The first-order chi connectivity index (χ1) is 6.90. The average Bonchev–Trinajstić information content (AvgIpc) is 2.26. The molecular formula is C12H17NS. The van der Waals surface area contributed by atoms with Gasteiger partial charge in [0.15, 0.2) is 0 Å². The van der Waals surface area contributed by atoms with Crippen molar-refractivity contribution in [1.29, 1.82) is 0 Å². The Morgan fingerprint density at radius 1 is 1.43 bits per heavy atom. The number of rotatable bonds is 3. The van der Waals surface area contributed by atoms with Gasteiger partial charge in [0.2, 0.25) is 0 Å². The van der Waals surface area contributed by atoms with Gasteiger partial charge in [-0.1, -0.05) is 25.1 Å². The lowest BCUT2D eigenvalue weighted by molar-refractivity contribution is 0.689. The summed E-state index contributed by atoms with van der Waals surface area (Å²) in [6.07, 6.45) is 2.52. The fraction of sp³-hybridized carbons (Fsp3) is 0.500. The van der Waals surface area contributed by atoms with Crippen molar-refractivity contribution >= 4 is 17.4 Å². The van der Waals surface area contributed by atoms with E-state index in [0.717, 1.165) is 0 Å². The normalized spacial score (nSPS) is 19.9. The lowest BCUT2D eigenvalue weighted by atomic mass is 9.99. The summed E-state index contributed by atoms with van der Waals surface area (Å²) >= 11 is 2.03. The minimum Gasteiger partial charge on any atom is -0.381 e. The summed E-state index contributed by atoms with van der Waals surface area (Å²) in [5.74, 6) is 2.46. The molecule has 2 heteroatoms. The van der Waals surface area contributed by atoms with Crippen molar-refractivity contribution < 1.29 is 0 Å². The van der Waals surface area contributed by atoms with Crippen LogP contribution in [0.3, 0.4) is 0 Å². The fourth-order valence-corrected chi connectivity index (χ4v) is 2.66. The Hall–Kier alpha value is -0.630. The summed E-state index contributed by atoms with van der Waals surface area (Å²) in [5.41, 5.74) is 2.82. The molecule has 0 fully saturated rings. The average molecular weight is 207 g/mol. The van der Waals surface area contributed by atoms with Gasteiger partial charge in [0.25, 0.3) is 0 Å². The Morgan fingerprint density at radius 3 is 3.14 bits per heavy atom. The van der Waals surface area contributed by atoms with E-state index in [1.165, 1.54) is 35.6 Å². The van der Waals surface area contributed by atoms with Crippen molar-refractivity contribution in [2.45, 2.75) is 25.8 Å². The third-order valence-corrected chi connectivity index (χ3v) is 3.71. The predicted octanol–water partition coefficient (Wildman–Crippen LogP) is 3.17. The van der Waals surface area contributed by atoms with Crippen LogP contribution in [0.1, 0.15) is 18.9 Å². The molecule has 0 aliphatic carbocycles. The van der Waals surface area contributed by atoms with Crippen molar-refractivity contribution in [1.82, 2.24) is 0 Å². The lowest BCUT2D eigenvalue weighted by Crippen LogP contribution is -2.27. The zero-order valence-electron chi connectivity index (χ0n) is 8.62. The van der Waals surface area contributed by atoms with E-state index in [1.54, 1.807) is 0 Å². The van der Waals surface area contributed by atoms with E-state index in [-0.39, 0.29) is 0 Å². The second-order valence-electron chi connectivity index (χ2n) is 3.70. The first-order valence-corrected chi connectivity index (χ1v) is 6.48. The van der Waals surface area contributed by atoms with Gasteiger partial charge in [-0.15, -0.1) is 0 Å². The molecule has 0 aromatic heterocycles. The van der Waals surface area contributed by atoms with Crippen LogP contribution in [0.25, 0.3) is 0 Å². The zero-order chi connectivity index (χ0) is 9.80. The van der Waals surface area contributed by atoms with Gasteiger partial charge in [-0.2, -0.15) is 11.8 Å². The topological polar surface area (TPSA) is 12.0 Å². The zero-order valence-corrected chi connectivity index (χ0v) is 9.44. The molecule has 14 heavy (non-hydrogen) atoms. The maximum atomic E-state index is 3.61. The highest BCUT2D eigenvalue weighted by molar-refractivity contribution is 7.99. The maximum Gasteiger partial charge on any atom is 0.0375 e. The van der Waals surface area contributed by atoms with Gasteiger partial charge in [-0.05, 0) is 30.2 Å². The number of fused-ring (bicyclic) bond motifs is 1. The maximum absolute atomic E-state index is 3.61. The monoisotopic (exact) mass is 207 g/mol.